The van der Waals surface area contributed by atoms with Crippen LogP contribution in [0.1, 0.15) is 11.1 Å². The Hall–Kier alpha value is -3.12. The van der Waals surface area contributed by atoms with E-state index in [1.807, 2.05) is 50.5 Å². The molecule has 0 radical (unpaired) electrons. The quantitative estimate of drug-likeness (QED) is 0.347. The van der Waals surface area contributed by atoms with Crippen LogP contribution in [0.2, 0.25) is 0 Å². The summed E-state index contributed by atoms with van der Waals surface area (Å²) in [6, 6.07) is 14.1. The normalized spacial score (nSPS) is 11.1. The molecule has 0 aliphatic carbocycles. The van der Waals surface area contributed by atoms with Crippen LogP contribution in [-0.4, -0.2) is 0 Å². The van der Waals surface area contributed by atoms with Gasteiger partial charge in [0.15, 0.2) is 11.9 Å². The number of pyridine rings is 1. The van der Waals surface area contributed by atoms with Crippen molar-refractivity contribution in [2.75, 3.05) is 0 Å². The lowest BCUT2D eigenvalue weighted by atomic mass is 9.97. The molecule has 0 N–H and O–H groups in total. The molecule has 0 saturated carbocycles. The highest BCUT2D eigenvalue weighted by molar-refractivity contribution is 6.14. The first kappa shape index (κ1) is 14.5. The smallest absolute Gasteiger partial charge is 0.213 e. The van der Waals surface area contributed by atoms with Crippen molar-refractivity contribution < 1.29 is 8.98 Å². The molecule has 0 aliphatic heterocycles. The van der Waals surface area contributed by atoms with E-state index < -0.39 is 0 Å². The topological polar surface area (TPSA) is 21.4 Å². The average molecular weight is 313 g/mol. The van der Waals surface area contributed by atoms with Crippen LogP contribution < -0.4 is 4.57 Å². The van der Waals surface area contributed by atoms with E-state index in [-0.39, 0.29) is 0 Å². The Morgan fingerprint density at radius 1 is 1.04 bits per heavy atom. The van der Waals surface area contributed by atoms with Gasteiger partial charge in [0.25, 0.3) is 0 Å². The molecule has 0 spiro atoms. The first-order valence-corrected chi connectivity index (χ1v) is 7.89. The number of furan rings is 1. The third-order valence-corrected chi connectivity index (χ3v) is 4.56. The highest BCUT2D eigenvalue weighted by Crippen LogP contribution is 2.40. The largest absolute Gasteiger partial charge is 0.456 e. The molecule has 0 fully saturated rings. The first-order chi connectivity index (χ1) is 11.6. The van der Waals surface area contributed by atoms with Gasteiger partial charge in [-0.3, -0.25) is 0 Å². The minimum Gasteiger partial charge on any atom is -0.456 e. The maximum Gasteiger partial charge on any atom is 0.213 e. The number of benzene rings is 2. The van der Waals surface area contributed by atoms with Crippen LogP contribution in [0.3, 0.4) is 0 Å². The van der Waals surface area contributed by atoms with Crippen molar-refractivity contribution in [1.29, 1.82) is 0 Å². The molecule has 0 atom stereocenters. The summed E-state index contributed by atoms with van der Waals surface area (Å²) in [7, 11) is 2.05. The third-order valence-electron chi connectivity index (χ3n) is 4.56. The molecule has 0 unspecified atom stereocenters. The van der Waals surface area contributed by atoms with E-state index >= 15 is 0 Å². The fraction of sp³-hybridized carbons (Fsp3) is 0.143. The lowest BCUT2D eigenvalue weighted by Gasteiger charge is -2.06. The van der Waals surface area contributed by atoms with Gasteiger partial charge in [0.1, 0.15) is 18.2 Å². The molecule has 0 saturated heterocycles. The number of aromatic nitrogens is 1. The Balaban J connectivity index is 2.23. The van der Waals surface area contributed by atoms with Crippen molar-refractivity contribution in [1.82, 2.24) is 0 Å². The van der Waals surface area contributed by atoms with Crippen molar-refractivity contribution in [2.45, 2.75) is 13.8 Å². The van der Waals surface area contributed by atoms with Crippen LogP contribution in [0.15, 0.2) is 53.1 Å². The van der Waals surface area contributed by atoms with Crippen LogP contribution in [0.5, 0.6) is 0 Å². The minimum atomic E-state index is 0.646. The average Bonchev–Trinajstić information content (AvgIpc) is 2.95. The van der Waals surface area contributed by atoms with Gasteiger partial charge in [-0.25, -0.2) is 9.41 Å². The van der Waals surface area contributed by atoms with Crippen molar-refractivity contribution in [3.63, 3.8) is 0 Å². The van der Waals surface area contributed by atoms with Crippen molar-refractivity contribution >= 4 is 27.6 Å². The number of aryl methyl sites for hydroxylation is 3. The molecule has 0 amide bonds. The molecule has 4 rings (SSSR count). The summed E-state index contributed by atoms with van der Waals surface area (Å²) in [5, 5.41) is 2.10. The number of hydrogen-bond donors (Lipinski definition) is 0. The second-order valence-corrected chi connectivity index (χ2v) is 6.18. The molecule has 2 heterocycles. The highest BCUT2D eigenvalue weighted by atomic mass is 16.3. The van der Waals surface area contributed by atoms with Gasteiger partial charge >= 0.3 is 0 Å². The predicted molar refractivity (Wildman–Crippen MR) is 96.1 cm³/mol. The van der Waals surface area contributed by atoms with Crippen LogP contribution in [0.4, 0.5) is 5.69 Å². The van der Waals surface area contributed by atoms with Gasteiger partial charge in [-0.1, -0.05) is 6.07 Å². The fourth-order valence-corrected chi connectivity index (χ4v) is 3.40. The van der Waals surface area contributed by atoms with E-state index in [4.69, 9.17) is 11.0 Å². The Labute approximate surface area is 140 Å². The Morgan fingerprint density at radius 2 is 1.88 bits per heavy atom. The highest BCUT2D eigenvalue weighted by Gasteiger charge is 2.20. The van der Waals surface area contributed by atoms with Crippen LogP contribution in [-0.2, 0) is 7.05 Å². The maximum absolute atomic E-state index is 7.36. The van der Waals surface area contributed by atoms with Gasteiger partial charge in [-0.2, -0.15) is 0 Å². The molecule has 24 heavy (non-hydrogen) atoms. The molecule has 0 bridgehead atoms. The summed E-state index contributed by atoms with van der Waals surface area (Å²) in [6.45, 7) is 11.5. The van der Waals surface area contributed by atoms with Gasteiger partial charge in [0.2, 0.25) is 5.69 Å². The monoisotopic (exact) mass is 313 g/mol. The minimum absolute atomic E-state index is 0.646. The number of fused-ring (bicyclic) bond motifs is 3. The second kappa shape index (κ2) is 5.21. The summed E-state index contributed by atoms with van der Waals surface area (Å²) in [5.74, 6) is 0. The lowest BCUT2D eigenvalue weighted by Crippen LogP contribution is -2.30. The second-order valence-electron chi connectivity index (χ2n) is 6.18. The van der Waals surface area contributed by atoms with Crippen molar-refractivity contribution in [3.8, 4) is 11.3 Å². The predicted octanol–water partition coefficient (Wildman–Crippen LogP) is 5.25. The number of nitrogens with zero attached hydrogens (tertiary/aromatic N) is 2. The zero-order valence-electron chi connectivity index (χ0n) is 13.9. The van der Waals surface area contributed by atoms with Crippen molar-refractivity contribution in [2.24, 2.45) is 7.05 Å². The van der Waals surface area contributed by atoms with Gasteiger partial charge in [0.05, 0.1) is 12.1 Å². The Morgan fingerprint density at radius 3 is 2.62 bits per heavy atom. The molecule has 116 valence electrons. The van der Waals surface area contributed by atoms with Crippen LogP contribution in [0.25, 0.3) is 38.0 Å². The van der Waals surface area contributed by atoms with Crippen molar-refractivity contribution in [3.05, 3.63) is 71.2 Å². The molecule has 4 aromatic rings. The van der Waals surface area contributed by atoms with E-state index in [0.29, 0.717) is 5.69 Å². The van der Waals surface area contributed by atoms with Gasteiger partial charge < -0.3 is 4.42 Å². The summed E-state index contributed by atoms with van der Waals surface area (Å²) >= 11 is 0. The molecule has 2 aromatic heterocycles. The molecular formula is C21H17N2O+. The molecular weight excluding hydrogens is 296 g/mol. The Bertz CT molecular complexity index is 1150. The van der Waals surface area contributed by atoms with E-state index in [1.54, 1.807) is 0 Å². The fourth-order valence-electron chi connectivity index (χ4n) is 3.40. The molecule has 3 heteroatoms. The zero-order valence-corrected chi connectivity index (χ0v) is 13.9. The molecule has 2 aromatic carbocycles. The third kappa shape index (κ3) is 2.00. The lowest BCUT2D eigenvalue weighted by molar-refractivity contribution is -0.660. The standard InChI is InChI=1S/C21H17N2O/c1-13-8-9-18-20(19(13)17-7-5-6-10-23(17)4)16-12-15(22-3)11-14(2)21(16)24-18/h5-12H,1-2,4H3/q+1. The van der Waals surface area contributed by atoms with E-state index in [0.717, 1.165) is 38.8 Å². The van der Waals surface area contributed by atoms with E-state index in [9.17, 15) is 0 Å². The van der Waals surface area contributed by atoms with Gasteiger partial charge in [-0.15, -0.1) is 0 Å². The van der Waals surface area contributed by atoms with E-state index in [1.165, 1.54) is 5.56 Å². The summed E-state index contributed by atoms with van der Waals surface area (Å²) in [5.41, 5.74) is 6.86. The van der Waals surface area contributed by atoms with Crippen LogP contribution in [0, 0.1) is 20.4 Å². The Kier molecular flexibility index (Phi) is 3.14. The summed E-state index contributed by atoms with van der Waals surface area (Å²) in [4.78, 5) is 3.61. The molecule has 3 nitrogen and oxygen atoms in total. The summed E-state index contributed by atoms with van der Waals surface area (Å²) in [6.07, 6.45) is 2.05. The number of rotatable bonds is 1. The van der Waals surface area contributed by atoms with Crippen LogP contribution >= 0.6 is 0 Å². The van der Waals surface area contributed by atoms with E-state index in [2.05, 4.69) is 28.5 Å². The first-order valence-electron chi connectivity index (χ1n) is 7.89. The van der Waals surface area contributed by atoms with Gasteiger partial charge in [-0.05, 0) is 49.2 Å². The zero-order chi connectivity index (χ0) is 16.8. The SMILES string of the molecule is [C-]#[N+]c1cc(C)c2oc3ccc(C)c(-c4cccc[n+]4C)c3c2c1. The maximum atomic E-state index is 7.36. The van der Waals surface area contributed by atoms with Gasteiger partial charge in [0, 0.05) is 22.9 Å². The summed E-state index contributed by atoms with van der Waals surface area (Å²) < 4.78 is 8.24. The number of hydrogen-bond acceptors (Lipinski definition) is 1. The molecule has 0 aliphatic rings.